The highest BCUT2D eigenvalue weighted by Crippen LogP contribution is 2.25. The Hall–Kier alpha value is -1.35. The quantitative estimate of drug-likeness (QED) is 0.803. The first kappa shape index (κ1) is 10.2. The fourth-order valence-corrected chi connectivity index (χ4v) is 1.75. The highest BCUT2D eigenvalue weighted by Gasteiger charge is 2.23. The third kappa shape index (κ3) is 1.88. The molecule has 0 saturated heterocycles. The van der Waals surface area contributed by atoms with Crippen molar-refractivity contribution in [2.75, 3.05) is 6.54 Å². The van der Waals surface area contributed by atoms with Crippen LogP contribution in [0, 0.1) is 0 Å². The Labute approximate surface area is 89.7 Å². The van der Waals surface area contributed by atoms with Gasteiger partial charge in [0.1, 0.15) is 5.82 Å². The van der Waals surface area contributed by atoms with Gasteiger partial charge in [-0.15, -0.1) is 0 Å². The number of aromatic amines is 1. The first-order valence-corrected chi connectivity index (χ1v) is 5.29. The number of H-pyrrole nitrogens is 1. The van der Waals surface area contributed by atoms with E-state index in [0.717, 1.165) is 23.3 Å². The van der Waals surface area contributed by atoms with Gasteiger partial charge in [-0.05, 0) is 25.1 Å². The number of fused-ring (bicyclic) bond motifs is 1. The SMILES string of the molecule is CC(C)(CCN)c1nc2ccccc2[nH]1. The van der Waals surface area contributed by atoms with Crippen molar-refractivity contribution in [2.45, 2.75) is 25.7 Å². The summed E-state index contributed by atoms with van der Waals surface area (Å²) in [5.41, 5.74) is 7.75. The first-order valence-electron chi connectivity index (χ1n) is 5.29. The Bertz CT molecular complexity index is 424. The zero-order valence-electron chi connectivity index (χ0n) is 9.25. The maximum absolute atomic E-state index is 5.60. The van der Waals surface area contributed by atoms with Gasteiger partial charge in [-0.1, -0.05) is 26.0 Å². The molecule has 0 aliphatic rings. The van der Waals surface area contributed by atoms with Gasteiger partial charge in [0.05, 0.1) is 11.0 Å². The van der Waals surface area contributed by atoms with Crippen LogP contribution in [0.25, 0.3) is 11.0 Å². The van der Waals surface area contributed by atoms with Crippen LogP contribution in [-0.4, -0.2) is 16.5 Å². The summed E-state index contributed by atoms with van der Waals surface area (Å²) in [5, 5.41) is 0. The number of para-hydroxylation sites is 2. The fourth-order valence-electron chi connectivity index (χ4n) is 1.75. The van der Waals surface area contributed by atoms with E-state index >= 15 is 0 Å². The van der Waals surface area contributed by atoms with Crippen LogP contribution in [0.15, 0.2) is 24.3 Å². The smallest absolute Gasteiger partial charge is 0.112 e. The topological polar surface area (TPSA) is 54.7 Å². The van der Waals surface area contributed by atoms with E-state index in [0.29, 0.717) is 6.54 Å². The third-order valence-corrected chi connectivity index (χ3v) is 2.80. The summed E-state index contributed by atoms with van der Waals surface area (Å²) in [4.78, 5) is 7.95. The average molecular weight is 203 g/mol. The summed E-state index contributed by atoms with van der Waals surface area (Å²) in [6.07, 6.45) is 0.937. The molecule has 15 heavy (non-hydrogen) atoms. The minimum atomic E-state index is 0.0216. The monoisotopic (exact) mass is 203 g/mol. The van der Waals surface area contributed by atoms with Gasteiger partial charge in [-0.3, -0.25) is 0 Å². The number of hydrogen-bond acceptors (Lipinski definition) is 2. The maximum Gasteiger partial charge on any atom is 0.112 e. The lowest BCUT2D eigenvalue weighted by atomic mass is 9.89. The Morgan fingerprint density at radius 1 is 1.33 bits per heavy atom. The van der Waals surface area contributed by atoms with Gasteiger partial charge in [0.15, 0.2) is 0 Å². The summed E-state index contributed by atoms with van der Waals surface area (Å²) in [5.74, 6) is 1.02. The minimum Gasteiger partial charge on any atom is -0.342 e. The van der Waals surface area contributed by atoms with E-state index in [4.69, 9.17) is 5.73 Å². The van der Waals surface area contributed by atoms with Crippen LogP contribution < -0.4 is 5.73 Å². The molecule has 3 N–H and O–H groups in total. The predicted octanol–water partition coefficient (Wildman–Crippen LogP) is 2.19. The van der Waals surface area contributed by atoms with Gasteiger partial charge in [0.25, 0.3) is 0 Å². The van der Waals surface area contributed by atoms with E-state index in [9.17, 15) is 0 Å². The molecule has 0 radical (unpaired) electrons. The zero-order valence-corrected chi connectivity index (χ0v) is 9.25. The third-order valence-electron chi connectivity index (χ3n) is 2.80. The molecule has 2 rings (SSSR count). The average Bonchev–Trinajstić information content (AvgIpc) is 2.61. The van der Waals surface area contributed by atoms with Crippen LogP contribution in [0.1, 0.15) is 26.1 Å². The van der Waals surface area contributed by atoms with Crippen molar-refractivity contribution in [2.24, 2.45) is 5.73 Å². The van der Waals surface area contributed by atoms with Crippen molar-refractivity contribution < 1.29 is 0 Å². The zero-order chi connectivity index (χ0) is 10.9. The number of nitrogens with zero attached hydrogens (tertiary/aromatic N) is 1. The number of benzene rings is 1. The summed E-state index contributed by atoms with van der Waals surface area (Å²) in [6.45, 7) is 5.01. The molecule has 0 amide bonds. The normalized spacial score (nSPS) is 12.2. The second-order valence-electron chi connectivity index (χ2n) is 4.53. The van der Waals surface area contributed by atoms with E-state index in [2.05, 4.69) is 23.8 Å². The number of hydrogen-bond donors (Lipinski definition) is 2. The fraction of sp³-hybridized carbons (Fsp3) is 0.417. The van der Waals surface area contributed by atoms with Gasteiger partial charge in [-0.2, -0.15) is 0 Å². The van der Waals surface area contributed by atoms with Crippen molar-refractivity contribution >= 4 is 11.0 Å². The molecular weight excluding hydrogens is 186 g/mol. The summed E-state index contributed by atoms with van der Waals surface area (Å²) >= 11 is 0. The first-order chi connectivity index (χ1) is 7.13. The summed E-state index contributed by atoms with van der Waals surface area (Å²) in [7, 11) is 0. The van der Waals surface area contributed by atoms with E-state index in [1.807, 2.05) is 24.3 Å². The molecule has 80 valence electrons. The lowest BCUT2D eigenvalue weighted by molar-refractivity contribution is 0.463. The molecule has 0 bridgehead atoms. The molecule has 0 unspecified atom stereocenters. The van der Waals surface area contributed by atoms with Crippen molar-refractivity contribution in [1.82, 2.24) is 9.97 Å². The van der Waals surface area contributed by atoms with Crippen LogP contribution in [-0.2, 0) is 5.41 Å². The molecule has 0 atom stereocenters. The van der Waals surface area contributed by atoms with Crippen LogP contribution in [0.5, 0.6) is 0 Å². The highest BCUT2D eigenvalue weighted by molar-refractivity contribution is 5.74. The van der Waals surface area contributed by atoms with E-state index in [1.165, 1.54) is 0 Å². The molecule has 3 nitrogen and oxygen atoms in total. The van der Waals surface area contributed by atoms with Crippen LogP contribution in [0.3, 0.4) is 0 Å². The number of nitrogens with one attached hydrogen (secondary N) is 1. The molecule has 3 heteroatoms. The van der Waals surface area contributed by atoms with Gasteiger partial charge in [-0.25, -0.2) is 4.98 Å². The van der Waals surface area contributed by atoms with Gasteiger partial charge in [0, 0.05) is 5.41 Å². The molecule has 1 aromatic carbocycles. The lowest BCUT2D eigenvalue weighted by Crippen LogP contribution is -2.23. The number of aromatic nitrogens is 2. The molecule has 0 aliphatic carbocycles. The van der Waals surface area contributed by atoms with E-state index < -0.39 is 0 Å². The van der Waals surface area contributed by atoms with Crippen molar-refractivity contribution in [3.63, 3.8) is 0 Å². The second kappa shape index (κ2) is 3.66. The molecule has 0 spiro atoms. The van der Waals surface area contributed by atoms with Crippen LogP contribution in [0.4, 0.5) is 0 Å². The molecular formula is C12H17N3. The summed E-state index contributed by atoms with van der Waals surface area (Å²) in [6, 6.07) is 8.08. The standard InChI is InChI=1S/C12H17N3/c1-12(2,7-8-13)11-14-9-5-3-4-6-10(9)15-11/h3-6H,7-8,13H2,1-2H3,(H,14,15). The Kier molecular flexibility index (Phi) is 2.49. The Morgan fingerprint density at radius 3 is 2.73 bits per heavy atom. The lowest BCUT2D eigenvalue weighted by Gasteiger charge is -2.20. The van der Waals surface area contributed by atoms with Gasteiger partial charge in [0.2, 0.25) is 0 Å². The minimum absolute atomic E-state index is 0.0216. The summed E-state index contributed by atoms with van der Waals surface area (Å²) < 4.78 is 0. The van der Waals surface area contributed by atoms with E-state index in [-0.39, 0.29) is 5.41 Å². The molecule has 1 aromatic heterocycles. The second-order valence-corrected chi connectivity index (χ2v) is 4.53. The number of imidazole rings is 1. The van der Waals surface area contributed by atoms with Crippen LogP contribution in [0.2, 0.25) is 0 Å². The van der Waals surface area contributed by atoms with E-state index in [1.54, 1.807) is 0 Å². The Balaban J connectivity index is 2.44. The number of rotatable bonds is 3. The van der Waals surface area contributed by atoms with Crippen molar-refractivity contribution in [1.29, 1.82) is 0 Å². The molecule has 0 fully saturated rings. The molecule has 2 aromatic rings. The highest BCUT2D eigenvalue weighted by atomic mass is 14.9. The van der Waals surface area contributed by atoms with Crippen LogP contribution >= 0.6 is 0 Å². The van der Waals surface area contributed by atoms with Gasteiger partial charge >= 0.3 is 0 Å². The Morgan fingerprint density at radius 2 is 2.07 bits per heavy atom. The maximum atomic E-state index is 5.60. The van der Waals surface area contributed by atoms with Crippen molar-refractivity contribution in [3.8, 4) is 0 Å². The molecule has 1 heterocycles. The van der Waals surface area contributed by atoms with Crippen molar-refractivity contribution in [3.05, 3.63) is 30.1 Å². The molecule has 0 aliphatic heterocycles. The number of nitrogens with two attached hydrogens (primary N) is 1. The predicted molar refractivity (Wildman–Crippen MR) is 62.8 cm³/mol. The largest absolute Gasteiger partial charge is 0.342 e. The van der Waals surface area contributed by atoms with Gasteiger partial charge < -0.3 is 10.7 Å². The molecule has 0 saturated carbocycles.